The van der Waals surface area contributed by atoms with E-state index in [1.54, 1.807) is 24.5 Å². The third kappa shape index (κ3) is 4.10. The molecule has 2 aliphatic rings. The first kappa shape index (κ1) is 19.3. The highest BCUT2D eigenvalue weighted by molar-refractivity contribution is 6.86. The molecule has 0 unspecified atom stereocenters. The molecule has 0 N–H and O–H groups in total. The lowest BCUT2D eigenvalue weighted by atomic mass is 9.41. The highest BCUT2D eigenvalue weighted by Crippen LogP contribution is 2.17. The van der Waals surface area contributed by atoms with Crippen molar-refractivity contribution in [1.29, 1.82) is 0 Å². The second-order valence-corrected chi connectivity index (χ2v) is 8.31. The summed E-state index contributed by atoms with van der Waals surface area (Å²) in [6.07, 6.45) is 6.71. The zero-order valence-electron chi connectivity index (χ0n) is 17.2. The molecule has 5 rings (SSSR count). The molecule has 1 fully saturated rings. The number of nitrogens with zero attached hydrogens (tertiary/aromatic N) is 4. The van der Waals surface area contributed by atoms with Crippen LogP contribution in [0, 0.1) is 5.82 Å². The van der Waals surface area contributed by atoms with E-state index in [-0.39, 0.29) is 5.82 Å². The van der Waals surface area contributed by atoms with E-state index >= 15 is 0 Å². The molecule has 3 aromatic rings. The minimum absolute atomic E-state index is 0.123. The number of hydrogen-bond donors (Lipinski definition) is 0. The van der Waals surface area contributed by atoms with E-state index in [0.717, 1.165) is 57.8 Å². The number of fused-ring (bicyclic) bond motifs is 1. The van der Waals surface area contributed by atoms with Gasteiger partial charge in [-0.05, 0) is 36.6 Å². The Kier molecular flexibility index (Phi) is 5.49. The molecule has 3 heterocycles. The number of aromatic nitrogens is 2. The van der Waals surface area contributed by atoms with Gasteiger partial charge in [-0.15, -0.1) is 0 Å². The zero-order valence-corrected chi connectivity index (χ0v) is 17.2. The number of piperazine rings is 1. The molecule has 0 bridgehead atoms. The van der Waals surface area contributed by atoms with Crippen molar-refractivity contribution in [3.63, 3.8) is 0 Å². The van der Waals surface area contributed by atoms with Crippen LogP contribution in [0.3, 0.4) is 0 Å². The molecule has 6 heteroatoms. The lowest BCUT2D eigenvalue weighted by Crippen LogP contribution is -2.47. The second-order valence-electron chi connectivity index (χ2n) is 8.31. The highest BCUT2D eigenvalue weighted by atomic mass is 19.1. The van der Waals surface area contributed by atoms with Crippen molar-refractivity contribution in [3.05, 3.63) is 77.9 Å². The maximum Gasteiger partial charge on any atom is 0.225 e. The van der Waals surface area contributed by atoms with Crippen LogP contribution in [0.1, 0.15) is 11.1 Å². The maximum absolute atomic E-state index is 13.5. The average Bonchev–Trinajstić information content (AvgIpc) is 3.22. The van der Waals surface area contributed by atoms with Gasteiger partial charge in [0.25, 0.3) is 0 Å². The Morgan fingerprint density at radius 1 is 0.933 bits per heavy atom. The van der Waals surface area contributed by atoms with Gasteiger partial charge in [0.05, 0.1) is 0 Å². The van der Waals surface area contributed by atoms with Gasteiger partial charge >= 0.3 is 0 Å². The fraction of sp³-hybridized carbons (Fsp3) is 0.333. The van der Waals surface area contributed by atoms with Crippen LogP contribution in [-0.4, -0.2) is 54.3 Å². The Labute approximate surface area is 177 Å². The Balaban J connectivity index is 1.19. The van der Waals surface area contributed by atoms with E-state index in [4.69, 9.17) is 0 Å². The third-order valence-electron chi connectivity index (χ3n) is 6.46. The standard InChI is InChI=1S/C24H26BFN4/c26-22-5-6-23-20(18-22)7-9-25(23)21-4-1-3-19(17-21)8-12-29-13-15-30(16-14-29)24-27-10-2-11-28-24/h1-6,10-11,17-18H,7-9,12-16H2. The van der Waals surface area contributed by atoms with E-state index in [1.807, 2.05) is 12.1 Å². The number of hydrogen-bond acceptors (Lipinski definition) is 4. The predicted octanol–water partition coefficient (Wildman–Crippen LogP) is 2.15. The highest BCUT2D eigenvalue weighted by Gasteiger charge is 2.28. The molecule has 2 aliphatic heterocycles. The van der Waals surface area contributed by atoms with Gasteiger partial charge in [0.2, 0.25) is 12.7 Å². The molecule has 4 nitrogen and oxygen atoms in total. The summed E-state index contributed by atoms with van der Waals surface area (Å²) in [7, 11) is 0. The lowest BCUT2D eigenvalue weighted by molar-refractivity contribution is 0.260. The zero-order chi connectivity index (χ0) is 20.3. The average molecular weight is 400 g/mol. The van der Waals surface area contributed by atoms with Crippen LogP contribution in [-0.2, 0) is 12.8 Å². The SMILES string of the molecule is Fc1ccc2c(c1)CCB2c1cccc(CCN2CCN(c3ncccn3)CC2)c1. The number of benzene rings is 2. The third-order valence-corrected chi connectivity index (χ3v) is 6.46. The minimum Gasteiger partial charge on any atom is -0.338 e. The van der Waals surface area contributed by atoms with Crippen molar-refractivity contribution in [3.8, 4) is 0 Å². The van der Waals surface area contributed by atoms with Gasteiger partial charge in [0.15, 0.2) is 0 Å². The Bertz CT molecular complexity index is 1010. The first-order valence-electron chi connectivity index (χ1n) is 10.9. The Morgan fingerprint density at radius 2 is 1.77 bits per heavy atom. The summed E-state index contributed by atoms with van der Waals surface area (Å²) in [4.78, 5) is 13.5. The summed E-state index contributed by atoms with van der Waals surface area (Å²) < 4.78 is 13.5. The van der Waals surface area contributed by atoms with Crippen molar-refractivity contribution in [2.75, 3.05) is 37.6 Å². The van der Waals surface area contributed by atoms with Crippen LogP contribution in [0.15, 0.2) is 60.9 Å². The molecule has 1 aromatic heterocycles. The van der Waals surface area contributed by atoms with E-state index in [9.17, 15) is 4.39 Å². The monoisotopic (exact) mass is 400 g/mol. The second kappa shape index (κ2) is 8.56. The van der Waals surface area contributed by atoms with E-state index in [1.165, 1.54) is 22.1 Å². The molecular formula is C24H26BFN4. The van der Waals surface area contributed by atoms with Gasteiger partial charge in [-0.2, -0.15) is 0 Å². The number of halogens is 1. The summed E-state index contributed by atoms with van der Waals surface area (Å²) in [6.45, 7) is 5.49. The molecule has 1 saturated heterocycles. The predicted molar refractivity (Wildman–Crippen MR) is 121 cm³/mol. The van der Waals surface area contributed by atoms with E-state index in [2.05, 4.69) is 44.0 Å². The van der Waals surface area contributed by atoms with Gasteiger partial charge in [-0.3, -0.25) is 4.90 Å². The molecule has 0 radical (unpaired) electrons. The van der Waals surface area contributed by atoms with Crippen LogP contribution < -0.4 is 15.8 Å². The van der Waals surface area contributed by atoms with Crippen LogP contribution in [0.25, 0.3) is 0 Å². The molecule has 0 aliphatic carbocycles. The minimum atomic E-state index is -0.123. The van der Waals surface area contributed by atoms with Gasteiger partial charge in [0.1, 0.15) is 5.82 Å². The first-order valence-corrected chi connectivity index (χ1v) is 10.9. The quantitative estimate of drug-likeness (QED) is 0.615. The molecule has 152 valence electrons. The summed E-state index contributed by atoms with van der Waals surface area (Å²) >= 11 is 0. The summed E-state index contributed by atoms with van der Waals surface area (Å²) in [5, 5.41) is 0. The van der Waals surface area contributed by atoms with Crippen molar-refractivity contribution in [2.45, 2.75) is 19.2 Å². The maximum atomic E-state index is 13.5. The molecule has 0 atom stereocenters. The molecule has 0 spiro atoms. The molecule has 30 heavy (non-hydrogen) atoms. The Hall–Kier alpha value is -2.73. The van der Waals surface area contributed by atoms with E-state index < -0.39 is 0 Å². The van der Waals surface area contributed by atoms with Crippen LogP contribution >= 0.6 is 0 Å². The van der Waals surface area contributed by atoms with Crippen LogP contribution in [0.2, 0.25) is 6.32 Å². The van der Waals surface area contributed by atoms with Gasteiger partial charge in [-0.1, -0.05) is 53.1 Å². The molecule has 2 aromatic carbocycles. The summed E-state index contributed by atoms with van der Waals surface area (Å²) in [5.41, 5.74) is 5.22. The number of rotatable bonds is 5. The van der Waals surface area contributed by atoms with Gasteiger partial charge in [0, 0.05) is 45.1 Å². The van der Waals surface area contributed by atoms with Crippen molar-refractivity contribution in [2.24, 2.45) is 0 Å². The fourth-order valence-corrected chi connectivity index (χ4v) is 4.81. The molecular weight excluding hydrogens is 374 g/mol. The van der Waals surface area contributed by atoms with Crippen LogP contribution in [0.4, 0.5) is 10.3 Å². The fourth-order valence-electron chi connectivity index (χ4n) is 4.81. The van der Waals surface area contributed by atoms with E-state index in [0.29, 0.717) is 6.71 Å². The molecule has 0 saturated carbocycles. The Morgan fingerprint density at radius 3 is 2.60 bits per heavy atom. The largest absolute Gasteiger partial charge is 0.338 e. The first-order chi connectivity index (χ1) is 14.8. The molecule has 0 amide bonds. The normalized spacial score (nSPS) is 16.7. The van der Waals surface area contributed by atoms with Crippen LogP contribution in [0.5, 0.6) is 0 Å². The smallest absolute Gasteiger partial charge is 0.225 e. The lowest BCUT2D eigenvalue weighted by Gasteiger charge is -2.34. The van der Waals surface area contributed by atoms with Gasteiger partial charge < -0.3 is 4.90 Å². The van der Waals surface area contributed by atoms with Crippen molar-refractivity contribution < 1.29 is 4.39 Å². The number of anilines is 1. The topological polar surface area (TPSA) is 32.3 Å². The summed E-state index contributed by atoms with van der Waals surface area (Å²) in [6, 6.07) is 16.1. The summed E-state index contributed by atoms with van der Waals surface area (Å²) in [5.74, 6) is 0.712. The van der Waals surface area contributed by atoms with Gasteiger partial charge in [-0.25, -0.2) is 14.4 Å². The van der Waals surface area contributed by atoms with Crippen molar-refractivity contribution in [1.82, 2.24) is 14.9 Å². The van der Waals surface area contributed by atoms with Crippen molar-refractivity contribution >= 4 is 23.6 Å². The number of aryl methyl sites for hydroxylation is 1.